The number of nitriles is 1. The number of hydrogen-bond donors (Lipinski definition) is 1. The lowest BCUT2D eigenvalue weighted by Gasteiger charge is -2.10. The first-order valence-corrected chi connectivity index (χ1v) is 6.27. The van der Waals surface area contributed by atoms with Crippen molar-refractivity contribution in [2.24, 2.45) is 5.73 Å². The number of ether oxygens (including phenoxy) is 1. The van der Waals surface area contributed by atoms with Crippen LogP contribution >= 0.6 is 0 Å². The minimum atomic E-state index is -0.526. The maximum atomic E-state index is 13.8. The van der Waals surface area contributed by atoms with E-state index in [0.29, 0.717) is 11.3 Å². The van der Waals surface area contributed by atoms with E-state index in [0.717, 1.165) is 5.56 Å². The molecule has 2 aromatic carbocycles. The molecule has 0 aliphatic heterocycles. The minimum absolute atomic E-state index is 0.0263. The monoisotopic (exact) mass is 270 g/mol. The fourth-order valence-corrected chi connectivity index (χ4v) is 1.81. The minimum Gasteiger partial charge on any atom is -0.489 e. The molecule has 1 atom stereocenters. The lowest BCUT2D eigenvalue weighted by atomic mass is 10.1. The number of nitrogens with zero attached hydrogens (tertiary/aromatic N) is 1. The van der Waals surface area contributed by atoms with Crippen LogP contribution in [0.3, 0.4) is 0 Å². The molecule has 0 unspecified atom stereocenters. The van der Waals surface area contributed by atoms with Crippen LogP contribution in [0.1, 0.15) is 29.7 Å². The molecule has 0 fully saturated rings. The summed E-state index contributed by atoms with van der Waals surface area (Å²) in [6.45, 7) is 1.98. The molecule has 2 N–H and O–H groups in total. The van der Waals surface area contributed by atoms with E-state index in [1.54, 1.807) is 24.3 Å². The van der Waals surface area contributed by atoms with Crippen molar-refractivity contribution in [2.75, 3.05) is 0 Å². The van der Waals surface area contributed by atoms with Crippen LogP contribution in [0.5, 0.6) is 5.75 Å². The zero-order valence-electron chi connectivity index (χ0n) is 11.1. The first-order chi connectivity index (χ1) is 9.61. The Labute approximate surface area is 117 Å². The van der Waals surface area contributed by atoms with Gasteiger partial charge in [0.2, 0.25) is 0 Å². The Morgan fingerprint density at radius 1 is 1.25 bits per heavy atom. The summed E-state index contributed by atoms with van der Waals surface area (Å²) in [6, 6.07) is 13.8. The van der Waals surface area contributed by atoms with E-state index < -0.39 is 5.82 Å². The molecule has 0 saturated carbocycles. The van der Waals surface area contributed by atoms with Gasteiger partial charge in [0.15, 0.2) is 0 Å². The van der Waals surface area contributed by atoms with Gasteiger partial charge in [-0.05, 0) is 30.7 Å². The second-order valence-corrected chi connectivity index (χ2v) is 4.54. The average molecular weight is 270 g/mol. The van der Waals surface area contributed by atoms with E-state index in [2.05, 4.69) is 0 Å². The maximum absolute atomic E-state index is 13.8. The van der Waals surface area contributed by atoms with Crippen LogP contribution in [0, 0.1) is 17.1 Å². The van der Waals surface area contributed by atoms with Crippen LogP contribution in [0.25, 0.3) is 0 Å². The third-order valence-corrected chi connectivity index (χ3v) is 3.00. The molecule has 0 bridgehead atoms. The third-order valence-electron chi connectivity index (χ3n) is 3.00. The molecule has 4 heteroatoms. The Kier molecular flexibility index (Phi) is 4.34. The van der Waals surface area contributed by atoms with Crippen LogP contribution in [0.4, 0.5) is 4.39 Å². The summed E-state index contributed by atoms with van der Waals surface area (Å²) in [5.74, 6) is 0.110. The summed E-state index contributed by atoms with van der Waals surface area (Å²) in [6.07, 6.45) is 0. The normalized spacial score (nSPS) is 11.7. The van der Waals surface area contributed by atoms with Gasteiger partial charge in [0.05, 0.1) is 5.56 Å². The van der Waals surface area contributed by atoms with Crippen molar-refractivity contribution in [1.82, 2.24) is 0 Å². The molecule has 0 radical (unpaired) electrons. The maximum Gasteiger partial charge on any atom is 0.147 e. The van der Waals surface area contributed by atoms with Gasteiger partial charge in [0, 0.05) is 11.6 Å². The molecular weight excluding hydrogens is 255 g/mol. The second kappa shape index (κ2) is 6.18. The molecule has 0 aliphatic rings. The average Bonchev–Trinajstić information content (AvgIpc) is 2.46. The Hall–Kier alpha value is -2.38. The SMILES string of the molecule is C[C@H](N)c1ccc(OCc2cccc(C#N)c2F)cc1. The summed E-state index contributed by atoms with van der Waals surface area (Å²) in [4.78, 5) is 0. The van der Waals surface area contributed by atoms with Gasteiger partial charge < -0.3 is 10.5 Å². The van der Waals surface area contributed by atoms with Gasteiger partial charge in [-0.2, -0.15) is 5.26 Å². The van der Waals surface area contributed by atoms with Crippen LogP contribution in [-0.2, 0) is 6.61 Å². The van der Waals surface area contributed by atoms with Crippen LogP contribution in [0.2, 0.25) is 0 Å². The summed E-state index contributed by atoms with van der Waals surface area (Å²) in [5, 5.41) is 8.77. The molecule has 3 nitrogen and oxygen atoms in total. The van der Waals surface area contributed by atoms with Gasteiger partial charge in [-0.25, -0.2) is 4.39 Å². The molecule has 0 saturated heterocycles. The molecule has 2 aromatic rings. The summed E-state index contributed by atoms with van der Waals surface area (Å²) >= 11 is 0. The van der Waals surface area contributed by atoms with Gasteiger partial charge in [0.1, 0.15) is 24.2 Å². The van der Waals surface area contributed by atoms with Crippen molar-refractivity contribution in [3.05, 3.63) is 65.0 Å². The lowest BCUT2D eigenvalue weighted by Crippen LogP contribution is -2.04. The molecule has 20 heavy (non-hydrogen) atoms. The van der Waals surface area contributed by atoms with E-state index in [1.165, 1.54) is 6.07 Å². The van der Waals surface area contributed by atoms with Gasteiger partial charge in [-0.1, -0.05) is 24.3 Å². The highest BCUT2D eigenvalue weighted by molar-refractivity contribution is 5.35. The van der Waals surface area contributed by atoms with Crippen LogP contribution < -0.4 is 10.5 Å². The third kappa shape index (κ3) is 3.14. The Morgan fingerprint density at radius 3 is 2.55 bits per heavy atom. The molecule has 0 aliphatic carbocycles. The smallest absolute Gasteiger partial charge is 0.147 e. The fourth-order valence-electron chi connectivity index (χ4n) is 1.81. The number of rotatable bonds is 4. The molecule has 0 amide bonds. The van der Waals surface area contributed by atoms with Crippen molar-refractivity contribution < 1.29 is 9.13 Å². The van der Waals surface area contributed by atoms with Crippen molar-refractivity contribution in [2.45, 2.75) is 19.6 Å². The summed E-state index contributed by atoms with van der Waals surface area (Å²) < 4.78 is 19.3. The molecule has 0 spiro atoms. The molecule has 0 heterocycles. The fraction of sp³-hybridized carbons (Fsp3) is 0.188. The van der Waals surface area contributed by atoms with Crippen molar-refractivity contribution in [3.63, 3.8) is 0 Å². The Morgan fingerprint density at radius 2 is 1.95 bits per heavy atom. The highest BCUT2D eigenvalue weighted by atomic mass is 19.1. The Balaban J connectivity index is 2.07. The van der Waals surface area contributed by atoms with Crippen molar-refractivity contribution in [3.8, 4) is 11.8 Å². The second-order valence-electron chi connectivity index (χ2n) is 4.54. The number of halogens is 1. The zero-order chi connectivity index (χ0) is 14.5. The van der Waals surface area contributed by atoms with Gasteiger partial charge in [0.25, 0.3) is 0 Å². The molecule has 2 rings (SSSR count). The highest BCUT2D eigenvalue weighted by Gasteiger charge is 2.08. The predicted molar refractivity (Wildman–Crippen MR) is 74.5 cm³/mol. The summed E-state index contributed by atoms with van der Waals surface area (Å²) in [5.41, 5.74) is 7.16. The van der Waals surface area contributed by atoms with Crippen molar-refractivity contribution >= 4 is 0 Å². The van der Waals surface area contributed by atoms with Crippen LogP contribution in [0.15, 0.2) is 42.5 Å². The van der Waals surface area contributed by atoms with Crippen LogP contribution in [-0.4, -0.2) is 0 Å². The van der Waals surface area contributed by atoms with E-state index >= 15 is 0 Å². The molecular formula is C16H15FN2O. The van der Waals surface area contributed by atoms with E-state index in [9.17, 15) is 4.39 Å². The molecule has 0 aromatic heterocycles. The Bertz CT molecular complexity index is 630. The van der Waals surface area contributed by atoms with Gasteiger partial charge >= 0.3 is 0 Å². The topological polar surface area (TPSA) is 59.0 Å². The first-order valence-electron chi connectivity index (χ1n) is 6.27. The number of benzene rings is 2. The van der Waals surface area contributed by atoms with E-state index in [1.807, 2.05) is 25.1 Å². The zero-order valence-corrected chi connectivity index (χ0v) is 11.1. The lowest BCUT2D eigenvalue weighted by molar-refractivity contribution is 0.299. The molecule has 102 valence electrons. The van der Waals surface area contributed by atoms with Gasteiger partial charge in [-0.15, -0.1) is 0 Å². The predicted octanol–water partition coefficient (Wildman–Crippen LogP) is 3.30. The van der Waals surface area contributed by atoms with Crippen molar-refractivity contribution in [1.29, 1.82) is 5.26 Å². The quantitative estimate of drug-likeness (QED) is 0.927. The first kappa shape index (κ1) is 14.0. The van der Waals surface area contributed by atoms with E-state index in [-0.39, 0.29) is 18.2 Å². The standard InChI is InChI=1S/C16H15FN2O/c1-11(19)12-5-7-15(8-6-12)20-10-14-4-2-3-13(9-18)16(14)17/h2-8,11H,10,19H2,1H3/t11-/m0/s1. The van der Waals surface area contributed by atoms with E-state index in [4.69, 9.17) is 15.7 Å². The summed E-state index contributed by atoms with van der Waals surface area (Å²) in [7, 11) is 0. The van der Waals surface area contributed by atoms with Gasteiger partial charge in [-0.3, -0.25) is 0 Å². The number of hydrogen-bond acceptors (Lipinski definition) is 3. The number of nitrogens with two attached hydrogens (primary N) is 1. The highest BCUT2D eigenvalue weighted by Crippen LogP contribution is 2.19. The largest absolute Gasteiger partial charge is 0.489 e.